The van der Waals surface area contributed by atoms with Gasteiger partial charge in [-0.15, -0.1) is 0 Å². The van der Waals surface area contributed by atoms with Crippen molar-refractivity contribution in [3.05, 3.63) is 0 Å². The molecule has 3 N–H and O–H groups in total. The number of nitrogens with zero attached hydrogens (tertiary/aromatic N) is 1. The minimum Gasteiger partial charge on any atom is -0.387 e. The number of nitrogens with two attached hydrogens (primary N) is 1. The molecule has 0 amide bonds. The van der Waals surface area contributed by atoms with Gasteiger partial charge in [-0.05, 0) is 18.9 Å². The van der Waals surface area contributed by atoms with Gasteiger partial charge in [0.2, 0.25) is 0 Å². The van der Waals surface area contributed by atoms with Crippen LogP contribution in [0.1, 0.15) is 20.3 Å². The van der Waals surface area contributed by atoms with Crippen molar-refractivity contribution >= 4 is 5.84 Å². The van der Waals surface area contributed by atoms with Crippen molar-refractivity contribution in [1.29, 1.82) is 5.41 Å². The monoisotopic (exact) mass is 169 g/mol. The van der Waals surface area contributed by atoms with E-state index in [1.165, 1.54) is 19.5 Å². The summed E-state index contributed by atoms with van der Waals surface area (Å²) < 4.78 is 0. The van der Waals surface area contributed by atoms with Crippen LogP contribution < -0.4 is 5.73 Å². The standard InChI is InChI=1S/C9H19N3/c1-7-3-4-12(5-7)6-8(2)9(10)11/h7-8H,3-6H2,1-2H3,(H3,10,11). The number of nitrogens with one attached hydrogen (secondary N) is 1. The van der Waals surface area contributed by atoms with Gasteiger partial charge in [0.15, 0.2) is 0 Å². The zero-order valence-corrected chi connectivity index (χ0v) is 8.01. The molecule has 1 aliphatic heterocycles. The first kappa shape index (κ1) is 9.52. The van der Waals surface area contributed by atoms with Gasteiger partial charge >= 0.3 is 0 Å². The third kappa shape index (κ3) is 2.48. The third-order valence-corrected chi connectivity index (χ3v) is 2.57. The summed E-state index contributed by atoms with van der Waals surface area (Å²) in [6, 6.07) is 0. The lowest BCUT2D eigenvalue weighted by Gasteiger charge is -2.19. The molecule has 2 atom stereocenters. The molecule has 0 aliphatic carbocycles. The molecule has 70 valence electrons. The highest BCUT2D eigenvalue weighted by Crippen LogP contribution is 2.15. The number of hydrogen-bond donors (Lipinski definition) is 2. The summed E-state index contributed by atoms with van der Waals surface area (Å²) >= 11 is 0. The molecule has 0 spiro atoms. The van der Waals surface area contributed by atoms with Crippen molar-refractivity contribution in [1.82, 2.24) is 4.90 Å². The summed E-state index contributed by atoms with van der Waals surface area (Å²) in [7, 11) is 0. The second-order valence-electron chi connectivity index (χ2n) is 4.01. The molecule has 3 nitrogen and oxygen atoms in total. The lowest BCUT2D eigenvalue weighted by molar-refractivity contribution is 0.307. The molecule has 3 heteroatoms. The van der Waals surface area contributed by atoms with Gasteiger partial charge < -0.3 is 10.6 Å². The highest BCUT2D eigenvalue weighted by Gasteiger charge is 2.20. The Morgan fingerprint density at radius 2 is 2.42 bits per heavy atom. The van der Waals surface area contributed by atoms with E-state index < -0.39 is 0 Å². The molecule has 0 radical (unpaired) electrons. The Kier molecular flexibility index (Phi) is 3.09. The van der Waals surface area contributed by atoms with E-state index in [4.69, 9.17) is 11.1 Å². The fourth-order valence-electron chi connectivity index (χ4n) is 1.68. The molecule has 1 rings (SSSR count). The molecule has 1 fully saturated rings. The van der Waals surface area contributed by atoms with Crippen molar-refractivity contribution in [3.63, 3.8) is 0 Å². The van der Waals surface area contributed by atoms with Gasteiger partial charge in [-0.3, -0.25) is 5.41 Å². The SMILES string of the molecule is CC1CCN(CC(C)C(=N)N)C1. The fourth-order valence-corrected chi connectivity index (χ4v) is 1.68. The Morgan fingerprint density at radius 1 is 1.75 bits per heavy atom. The molecule has 1 aliphatic rings. The maximum Gasteiger partial charge on any atom is 0.0947 e. The van der Waals surface area contributed by atoms with Crippen LogP contribution in [-0.2, 0) is 0 Å². The van der Waals surface area contributed by atoms with Gasteiger partial charge in [-0.25, -0.2) is 0 Å². The zero-order chi connectivity index (χ0) is 9.14. The Balaban J connectivity index is 2.27. The topological polar surface area (TPSA) is 53.1 Å². The molecule has 0 aromatic carbocycles. The maximum absolute atomic E-state index is 7.27. The Morgan fingerprint density at radius 3 is 2.83 bits per heavy atom. The Bertz CT molecular complexity index is 167. The Hall–Kier alpha value is -0.570. The van der Waals surface area contributed by atoms with E-state index in [1.54, 1.807) is 0 Å². The van der Waals surface area contributed by atoms with E-state index in [0.717, 1.165) is 12.5 Å². The molecule has 12 heavy (non-hydrogen) atoms. The zero-order valence-electron chi connectivity index (χ0n) is 8.01. The normalized spacial score (nSPS) is 27.3. The van der Waals surface area contributed by atoms with Crippen LogP contribution in [0.15, 0.2) is 0 Å². The van der Waals surface area contributed by atoms with E-state index in [1.807, 2.05) is 6.92 Å². The smallest absolute Gasteiger partial charge is 0.0947 e. The van der Waals surface area contributed by atoms with Crippen LogP contribution in [0.25, 0.3) is 0 Å². The summed E-state index contributed by atoms with van der Waals surface area (Å²) in [5.41, 5.74) is 5.41. The fraction of sp³-hybridized carbons (Fsp3) is 0.889. The molecule has 1 heterocycles. The van der Waals surface area contributed by atoms with Gasteiger partial charge in [0, 0.05) is 19.0 Å². The largest absolute Gasteiger partial charge is 0.387 e. The first-order chi connectivity index (χ1) is 5.59. The summed E-state index contributed by atoms with van der Waals surface area (Å²) in [5.74, 6) is 1.36. The molecule has 0 aromatic heterocycles. The van der Waals surface area contributed by atoms with Gasteiger partial charge in [0.1, 0.15) is 0 Å². The number of amidine groups is 1. The van der Waals surface area contributed by atoms with Crippen LogP contribution in [0.2, 0.25) is 0 Å². The van der Waals surface area contributed by atoms with Crippen LogP contribution >= 0.6 is 0 Å². The number of likely N-dealkylation sites (tertiary alicyclic amines) is 1. The predicted molar refractivity (Wildman–Crippen MR) is 51.3 cm³/mol. The van der Waals surface area contributed by atoms with Crippen molar-refractivity contribution in [3.8, 4) is 0 Å². The molecule has 1 saturated heterocycles. The molecule has 2 unspecified atom stereocenters. The maximum atomic E-state index is 7.27. The Labute approximate surface area is 74.4 Å². The highest BCUT2D eigenvalue weighted by molar-refractivity contribution is 5.79. The minimum atomic E-state index is 0.218. The second kappa shape index (κ2) is 3.90. The first-order valence-corrected chi connectivity index (χ1v) is 4.66. The van der Waals surface area contributed by atoms with E-state index in [2.05, 4.69) is 11.8 Å². The van der Waals surface area contributed by atoms with Crippen LogP contribution in [-0.4, -0.2) is 30.4 Å². The number of hydrogen-bond acceptors (Lipinski definition) is 2. The third-order valence-electron chi connectivity index (χ3n) is 2.57. The second-order valence-corrected chi connectivity index (χ2v) is 4.01. The van der Waals surface area contributed by atoms with E-state index in [-0.39, 0.29) is 5.92 Å². The molecular weight excluding hydrogens is 150 g/mol. The van der Waals surface area contributed by atoms with E-state index >= 15 is 0 Å². The van der Waals surface area contributed by atoms with Crippen molar-refractivity contribution in [2.45, 2.75) is 20.3 Å². The van der Waals surface area contributed by atoms with Gasteiger partial charge in [0.25, 0.3) is 0 Å². The van der Waals surface area contributed by atoms with Crippen LogP contribution in [0.3, 0.4) is 0 Å². The predicted octanol–water partition coefficient (Wildman–Crippen LogP) is 0.900. The summed E-state index contributed by atoms with van der Waals surface area (Å²) in [4.78, 5) is 2.40. The molecule has 0 saturated carbocycles. The average molecular weight is 169 g/mol. The highest BCUT2D eigenvalue weighted by atomic mass is 15.1. The van der Waals surface area contributed by atoms with Gasteiger partial charge in [-0.1, -0.05) is 13.8 Å². The van der Waals surface area contributed by atoms with Crippen molar-refractivity contribution in [2.75, 3.05) is 19.6 Å². The molecule has 0 bridgehead atoms. The number of rotatable bonds is 3. The average Bonchev–Trinajstić information content (AvgIpc) is 2.35. The molecular formula is C9H19N3. The van der Waals surface area contributed by atoms with Crippen molar-refractivity contribution in [2.24, 2.45) is 17.6 Å². The van der Waals surface area contributed by atoms with E-state index in [0.29, 0.717) is 5.84 Å². The summed E-state index contributed by atoms with van der Waals surface area (Å²) in [5, 5.41) is 7.27. The first-order valence-electron chi connectivity index (χ1n) is 4.66. The lowest BCUT2D eigenvalue weighted by atomic mass is 10.1. The lowest BCUT2D eigenvalue weighted by Crippen LogP contribution is -2.33. The van der Waals surface area contributed by atoms with Crippen molar-refractivity contribution < 1.29 is 0 Å². The quantitative estimate of drug-likeness (QED) is 0.487. The van der Waals surface area contributed by atoms with E-state index in [9.17, 15) is 0 Å². The van der Waals surface area contributed by atoms with Crippen LogP contribution in [0.5, 0.6) is 0 Å². The minimum absolute atomic E-state index is 0.218. The van der Waals surface area contributed by atoms with Gasteiger partial charge in [0.05, 0.1) is 5.84 Å². The van der Waals surface area contributed by atoms with Gasteiger partial charge in [-0.2, -0.15) is 0 Å². The summed E-state index contributed by atoms with van der Waals surface area (Å²) in [6.07, 6.45) is 1.30. The molecule has 0 aromatic rings. The summed E-state index contributed by atoms with van der Waals surface area (Å²) in [6.45, 7) is 7.61. The van der Waals surface area contributed by atoms with Crippen LogP contribution in [0, 0.1) is 17.2 Å². The van der Waals surface area contributed by atoms with Crippen LogP contribution in [0.4, 0.5) is 0 Å².